The Kier molecular flexibility index (Phi) is 2.40. The zero-order valence-electron chi connectivity index (χ0n) is 10.5. The summed E-state index contributed by atoms with van der Waals surface area (Å²) in [6, 6.07) is 4.03. The first kappa shape index (κ1) is 11.3. The van der Waals surface area contributed by atoms with Crippen molar-refractivity contribution in [1.29, 1.82) is 0 Å². The van der Waals surface area contributed by atoms with E-state index in [9.17, 15) is 9.59 Å². The largest absolute Gasteiger partial charge is 0.326 e. The fourth-order valence-corrected chi connectivity index (χ4v) is 2.84. The van der Waals surface area contributed by atoms with E-state index in [2.05, 4.69) is 10.6 Å². The standard InChI is InChI=1S/C14H16N2O2/c1-7-3-13(17)15-11-6-10-8(2)4-14(18)16-12(10)5-9(7)11/h5-8H,3-4H2,1-2H3,(H,15,17)(H,16,18)/t7-,8-/m0/s1. The highest BCUT2D eigenvalue weighted by Gasteiger charge is 2.27. The minimum atomic E-state index is 0.0717. The number of hydrogen-bond donors (Lipinski definition) is 2. The van der Waals surface area contributed by atoms with E-state index in [0.717, 1.165) is 22.5 Å². The van der Waals surface area contributed by atoms with Gasteiger partial charge in [-0.15, -0.1) is 0 Å². The Bertz CT molecular complexity index is 501. The third-order valence-corrected chi connectivity index (χ3v) is 3.81. The number of carbonyl (C=O) groups is 2. The number of hydrogen-bond acceptors (Lipinski definition) is 2. The quantitative estimate of drug-likeness (QED) is 0.737. The van der Waals surface area contributed by atoms with Crippen molar-refractivity contribution >= 4 is 23.2 Å². The van der Waals surface area contributed by atoms with Gasteiger partial charge in [0.2, 0.25) is 11.8 Å². The molecule has 0 saturated carbocycles. The van der Waals surface area contributed by atoms with Crippen LogP contribution < -0.4 is 10.6 Å². The molecular formula is C14H16N2O2. The third-order valence-electron chi connectivity index (χ3n) is 3.81. The summed E-state index contributed by atoms with van der Waals surface area (Å²) < 4.78 is 0. The Morgan fingerprint density at radius 1 is 0.889 bits per heavy atom. The van der Waals surface area contributed by atoms with Crippen LogP contribution in [-0.2, 0) is 9.59 Å². The average Bonchev–Trinajstić information content (AvgIpc) is 2.27. The lowest BCUT2D eigenvalue weighted by atomic mass is 9.85. The van der Waals surface area contributed by atoms with Crippen LogP contribution in [0.3, 0.4) is 0 Å². The zero-order chi connectivity index (χ0) is 12.9. The molecule has 94 valence electrons. The van der Waals surface area contributed by atoms with E-state index in [0.29, 0.717) is 12.8 Å². The molecule has 2 N–H and O–H groups in total. The molecule has 2 amide bonds. The fourth-order valence-electron chi connectivity index (χ4n) is 2.84. The molecule has 4 nitrogen and oxygen atoms in total. The van der Waals surface area contributed by atoms with E-state index in [4.69, 9.17) is 0 Å². The Morgan fingerprint density at radius 2 is 1.28 bits per heavy atom. The van der Waals surface area contributed by atoms with E-state index >= 15 is 0 Å². The van der Waals surface area contributed by atoms with Crippen molar-refractivity contribution < 1.29 is 9.59 Å². The Hall–Kier alpha value is -1.84. The minimum absolute atomic E-state index is 0.0717. The number of amides is 2. The number of anilines is 2. The maximum Gasteiger partial charge on any atom is 0.224 e. The van der Waals surface area contributed by atoms with E-state index in [-0.39, 0.29) is 23.7 Å². The first-order valence-corrected chi connectivity index (χ1v) is 6.32. The topological polar surface area (TPSA) is 58.2 Å². The second kappa shape index (κ2) is 3.83. The molecule has 18 heavy (non-hydrogen) atoms. The summed E-state index contributed by atoms with van der Waals surface area (Å²) in [4.78, 5) is 23.1. The number of benzene rings is 1. The molecule has 2 aliphatic rings. The highest BCUT2D eigenvalue weighted by molar-refractivity contribution is 5.98. The van der Waals surface area contributed by atoms with Crippen LogP contribution in [-0.4, -0.2) is 11.8 Å². The van der Waals surface area contributed by atoms with Crippen LogP contribution in [0, 0.1) is 0 Å². The van der Waals surface area contributed by atoms with Crippen LogP contribution in [0.25, 0.3) is 0 Å². The Morgan fingerprint density at radius 3 is 1.67 bits per heavy atom. The van der Waals surface area contributed by atoms with Crippen molar-refractivity contribution in [3.05, 3.63) is 23.3 Å². The predicted octanol–water partition coefficient (Wildman–Crippen LogP) is 2.58. The fraction of sp³-hybridized carbons (Fsp3) is 0.429. The molecule has 0 aromatic heterocycles. The Balaban J connectivity index is 2.12. The SMILES string of the molecule is C[C@H]1CC(=O)Nc2cc3c(cc21)NC(=O)C[C@@H]3C. The van der Waals surface area contributed by atoms with E-state index in [1.807, 2.05) is 26.0 Å². The zero-order valence-corrected chi connectivity index (χ0v) is 10.5. The summed E-state index contributed by atoms with van der Waals surface area (Å²) in [6.07, 6.45) is 1.02. The molecular weight excluding hydrogens is 228 g/mol. The van der Waals surface area contributed by atoms with Gasteiger partial charge < -0.3 is 10.6 Å². The summed E-state index contributed by atoms with van der Waals surface area (Å²) >= 11 is 0. The number of rotatable bonds is 0. The molecule has 2 atom stereocenters. The molecule has 0 aliphatic carbocycles. The summed E-state index contributed by atoms with van der Waals surface area (Å²) in [5, 5.41) is 5.84. The van der Waals surface area contributed by atoms with Crippen molar-refractivity contribution in [3.63, 3.8) is 0 Å². The number of fused-ring (bicyclic) bond motifs is 2. The average molecular weight is 244 g/mol. The molecule has 0 unspecified atom stereocenters. The van der Waals surface area contributed by atoms with Crippen LogP contribution >= 0.6 is 0 Å². The van der Waals surface area contributed by atoms with Crippen LogP contribution in [0.5, 0.6) is 0 Å². The van der Waals surface area contributed by atoms with Crippen LogP contribution in [0.2, 0.25) is 0 Å². The summed E-state index contributed by atoms with van der Waals surface area (Å²) in [7, 11) is 0. The lowest BCUT2D eigenvalue weighted by molar-refractivity contribution is -0.117. The van der Waals surface area contributed by atoms with Gasteiger partial charge in [0.15, 0.2) is 0 Å². The minimum Gasteiger partial charge on any atom is -0.326 e. The molecule has 3 rings (SSSR count). The smallest absolute Gasteiger partial charge is 0.224 e. The second-order valence-electron chi connectivity index (χ2n) is 5.33. The molecule has 4 heteroatoms. The lowest BCUT2D eigenvalue weighted by Crippen LogP contribution is -2.25. The van der Waals surface area contributed by atoms with Gasteiger partial charge in [-0.1, -0.05) is 13.8 Å². The van der Waals surface area contributed by atoms with Gasteiger partial charge in [-0.05, 0) is 35.1 Å². The number of carbonyl (C=O) groups excluding carboxylic acids is 2. The first-order valence-electron chi connectivity index (χ1n) is 6.32. The molecule has 0 bridgehead atoms. The Labute approximate surface area is 106 Å². The molecule has 1 aromatic carbocycles. The van der Waals surface area contributed by atoms with Crippen molar-refractivity contribution in [2.75, 3.05) is 10.6 Å². The van der Waals surface area contributed by atoms with Crippen molar-refractivity contribution in [3.8, 4) is 0 Å². The first-order chi connectivity index (χ1) is 8.54. The molecule has 0 fully saturated rings. The highest BCUT2D eigenvalue weighted by Crippen LogP contribution is 2.40. The molecule has 1 aromatic rings. The van der Waals surface area contributed by atoms with Gasteiger partial charge in [0.1, 0.15) is 0 Å². The predicted molar refractivity (Wildman–Crippen MR) is 69.8 cm³/mol. The van der Waals surface area contributed by atoms with E-state index < -0.39 is 0 Å². The summed E-state index contributed by atoms with van der Waals surface area (Å²) in [5.41, 5.74) is 4.03. The van der Waals surface area contributed by atoms with Gasteiger partial charge in [0.05, 0.1) is 0 Å². The second-order valence-corrected chi connectivity index (χ2v) is 5.33. The highest BCUT2D eigenvalue weighted by atomic mass is 16.2. The number of nitrogens with one attached hydrogen (secondary N) is 2. The van der Waals surface area contributed by atoms with E-state index in [1.165, 1.54) is 0 Å². The lowest BCUT2D eigenvalue weighted by Gasteiger charge is -2.29. The van der Waals surface area contributed by atoms with Gasteiger partial charge in [0.25, 0.3) is 0 Å². The summed E-state index contributed by atoms with van der Waals surface area (Å²) in [6.45, 7) is 4.08. The maximum absolute atomic E-state index is 11.6. The van der Waals surface area contributed by atoms with Crippen molar-refractivity contribution in [2.45, 2.75) is 38.5 Å². The van der Waals surface area contributed by atoms with Crippen LogP contribution in [0.1, 0.15) is 49.7 Å². The third kappa shape index (κ3) is 1.68. The van der Waals surface area contributed by atoms with Gasteiger partial charge >= 0.3 is 0 Å². The molecule has 0 saturated heterocycles. The van der Waals surface area contributed by atoms with Crippen LogP contribution in [0.15, 0.2) is 12.1 Å². The maximum atomic E-state index is 11.6. The van der Waals surface area contributed by atoms with Gasteiger partial charge in [-0.3, -0.25) is 9.59 Å². The summed E-state index contributed by atoms with van der Waals surface area (Å²) in [5.74, 6) is 0.547. The van der Waals surface area contributed by atoms with Gasteiger partial charge in [-0.2, -0.15) is 0 Å². The van der Waals surface area contributed by atoms with Gasteiger partial charge in [0, 0.05) is 24.2 Å². The van der Waals surface area contributed by atoms with Gasteiger partial charge in [-0.25, -0.2) is 0 Å². The molecule has 2 aliphatic heterocycles. The van der Waals surface area contributed by atoms with Crippen molar-refractivity contribution in [2.24, 2.45) is 0 Å². The van der Waals surface area contributed by atoms with E-state index in [1.54, 1.807) is 0 Å². The monoisotopic (exact) mass is 244 g/mol. The molecule has 2 heterocycles. The van der Waals surface area contributed by atoms with Crippen LogP contribution in [0.4, 0.5) is 11.4 Å². The van der Waals surface area contributed by atoms with Crippen molar-refractivity contribution in [1.82, 2.24) is 0 Å². The normalized spacial score (nSPS) is 25.9. The molecule has 0 radical (unpaired) electrons. The molecule has 0 spiro atoms.